The van der Waals surface area contributed by atoms with E-state index in [2.05, 4.69) is 0 Å². The monoisotopic (exact) mass is 418 g/mol. The topological polar surface area (TPSA) is 54.4 Å². The highest BCUT2D eigenvalue weighted by molar-refractivity contribution is 7.86. The summed E-state index contributed by atoms with van der Waals surface area (Å²) in [6, 6.07) is 6.51. The zero-order valence-electron chi connectivity index (χ0n) is 15.4. The van der Waals surface area contributed by atoms with E-state index in [1.54, 1.807) is 0 Å². The molecule has 0 amide bonds. The van der Waals surface area contributed by atoms with Crippen LogP contribution < -0.4 is 0 Å². The van der Waals surface area contributed by atoms with Gasteiger partial charge in [0.2, 0.25) is 0 Å². The predicted octanol–water partition coefficient (Wildman–Crippen LogP) is 6.26. The largest absolute Gasteiger partial charge is 0.417 e. The van der Waals surface area contributed by atoms with Gasteiger partial charge in [-0.3, -0.25) is 4.55 Å². The van der Waals surface area contributed by atoms with Crippen LogP contribution in [-0.4, -0.2) is 13.0 Å². The summed E-state index contributed by atoms with van der Waals surface area (Å²) in [5, 5.41) is 0.184. The molecule has 0 aromatic heterocycles. The number of rotatable bonds is 4. The van der Waals surface area contributed by atoms with Gasteiger partial charge in [-0.15, -0.1) is 0 Å². The second-order valence-electron chi connectivity index (χ2n) is 7.42. The standard InChI is InChI=1S/C20H22F4O3S/c1-2-7-14-9-5-6-11-19(14,21)17-15-10-4-3-8-13(15)12-16(20(22,23)24)18(17)28(25,26)27/h3-4,8,10,12,14H,2,5-7,9,11H2,1H3,(H,25,26,27). The van der Waals surface area contributed by atoms with Crippen LogP contribution in [0.4, 0.5) is 17.6 Å². The summed E-state index contributed by atoms with van der Waals surface area (Å²) in [4.78, 5) is -1.34. The molecule has 8 heteroatoms. The minimum Gasteiger partial charge on any atom is -0.282 e. The van der Waals surface area contributed by atoms with E-state index in [4.69, 9.17) is 0 Å². The summed E-state index contributed by atoms with van der Waals surface area (Å²) >= 11 is 0. The van der Waals surface area contributed by atoms with Crippen molar-refractivity contribution in [1.82, 2.24) is 0 Å². The van der Waals surface area contributed by atoms with Crippen molar-refractivity contribution in [3.05, 3.63) is 41.5 Å². The van der Waals surface area contributed by atoms with Gasteiger partial charge in [0.15, 0.2) is 0 Å². The molecule has 1 N–H and O–H groups in total. The maximum absolute atomic E-state index is 16.5. The zero-order chi connectivity index (χ0) is 20.7. The molecule has 2 atom stereocenters. The van der Waals surface area contributed by atoms with Crippen LogP contribution in [0.15, 0.2) is 35.2 Å². The van der Waals surface area contributed by atoms with Gasteiger partial charge in [-0.05, 0) is 48.4 Å². The molecule has 3 nitrogen and oxygen atoms in total. The Morgan fingerprint density at radius 3 is 2.50 bits per heavy atom. The molecule has 1 aliphatic carbocycles. The minimum absolute atomic E-state index is 0.0779. The highest BCUT2D eigenvalue weighted by Gasteiger charge is 2.49. The molecule has 2 unspecified atom stereocenters. The third kappa shape index (κ3) is 3.64. The molecule has 0 heterocycles. The number of fused-ring (bicyclic) bond motifs is 1. The smallest absolute Gasteiger partial charge is 0.282 e. The van der Waals surface area contributed by atoms with Crippen molar-refractivity contribution in [3.63, 3.8) is 0 Å². The van der Waals surface area contributed by atoms with Crippen molar-refractivity contribution in [2.24, 2.45) is 5.92 Å². The van der Waals surface area contributed by atoms with Crippen LogP contribution in [0.2, 0.25) is 0 Å². The van der Waals surface area contributed by atoms with Gasteiger partial charge in [0.1, 0.15) is 10.6 Å². The Kier molecular flexibility index (Phi) is 5.49. The lowest BCUT2D eigenvalue weighted by atomic mass is 9.69. The van der Waals surface area contributed by atoms with Crippen LogP contribution >= 0.6 is 0 Å². The maximum Gasteiger partial charge on any atom is 0.417 e. The van der Waals surface area contributed by atoms with Crippen LogP contribution in [-0.2, 0) is 22.0 Å². The van der Waals surface area contributed by atoms with Crippen LogP contribution in [0.25, 0.3) is 10.8 Å². The van der Waals surface area contributed by atoms with Crippen molar-refractivity contribution in [3.8, 4) is 0 Å². The van der Waals surface area contributed by atoms with Gasteiger partial charge in [0.25, 0.3) is 10.1 Å². The molecule has 154 valence electrons. The average molecular weight is 418 g/mol. The molecule has 0 spiro atoms. The van der Waals surface area contributed by atoms with Gasteiger partial charge in [-0.25, -0.2) is 4.39 Å². The fourth-order valence-electron chi connectivity index (χ4n) is 4.48. The van der Waals surface area contributed by atoms with Gasteiger partial charge in [0, 0.05) is 5.56 Å². The van der Waals surface area contributed by atoms with Gasteiger partial charge in [0.05, 0.1) is 5.56 Å². The Morgan fingerprint density at radius 2 is 1.89 bits per heavy atom. The van der Waals surface area contributed by atoms with Crippen LogP contribution in [0.1, 0.15) is 56.6 Å². The quantitative estimate of drug-likeness (QED) is 0.471. The Balaban J connectivity index is 2.49. The average Bonchev–Trinajstić information content (AvgIpc) is 2.60. The van der Waals surface area contributed by atoms with E-state index >= 15 is 4.39 Å². The summed E-state index contributed by atoms with van der Waals surface area (Å²) in [6.07, 6.45) is -2.47. The first-order valence-corrected chi connectivity index (χ1v) is 10.7. The SMILES string of the molecule is CCCC1CCCCC1(F)c1c(S(=O)(=O)O)c(C(F)(F)F)cc2ccccc12. The van der Waals surface area contributed by atoms with Gasteiger partial charge < -0.3 is 0 Å². The normalized spacial score (nSPS) is 23.9. The third-order valence-electron chi connectivity index (χ3n) is 5.61. The molecule has 3 rings (SSSR count). The summed E-state index contributed by atoms with van der Waals surface area (Å²) in [6.45, 7) is 1.85. The maximum atomic E-state index is 16.5. The van der Waals surface area contributed by atoms with E-state index in [-0.39, 0.29) is 17.2 Å². The van der Waals surface area contributed by atoms with E-state index in [1.807, 2.05) is 6.92 Å². The van der Waals surface area contributed by atoms with Crippen molar-refractivity contribution in [2.45, 2.75) is 62.2 Å². The number of benzene rings is 2. The summed E-state index contributed by atoms with van der Waals surface area (Å²) in [5.74, 6) is -0.612. The lowest BCUT2D eigenvalue weighted by molar-refractivity contribution is -0.140. The second kappa shape index (κ2) is 7.30. The second-order valence-corrected chi connectivity index (χ2v) is 8.77. The van der Waals surface area contributed by atoms with Crippen LogP contribution in [0.5, 0.6) is 0 Å². The molecular formula is C20H22F4O3S. The highest BCUT2D eigenvalue weighted by atomic mass is 32.2. The van der Waals surface area contributed by atoms with Gasteiger partial charge >= 0.3 is 6.18 Å². The number of halogens is 4. The minimum atomic E-state index is -5.32. The van der Waals surface area contributed by atoms with Gasteiger partial charge in [-0.2, -0.15) is 21.6 Å². The Labute approximate surface area is 161 Å². The molecule has 0 aliphatic heterocycles. The van der Waals surface area contributed by atoms with E-state index in [0.717, 1.165) is 6.42 Å². The Morgan fingerprint density at radius 1 is 1.21 bits per heavy atom. The number of hydrogen-bond acceptors (Lipinski definition) is 2. The number of hydrogen-bond donors (Lipinski definition) is 1. The molecule has 0 saturated heterocycles. The molecule has 1 saturated carbocycles. The molecular weight excluding hydrogens is 396 g/mol. The molecule has 1 aliphatic rings. The van der Waals surface area contributed by atoms with E-state index in [0.29, 0.717) is 31.7 Å². The van der Waals surface area contributed by atoms with Crippen molar-refractivity contribution in [2.75, 3.05) is 0 Å². The lowest BCUT2D eigenvalue weighted by Gasteiger charge is -2.40. The van der Waals surface area contributed by atoms with Crippen molar-refractivity contribution >= 4 is 20.9 Å². The van der Waals surface area contributed by atoms with Crippen LogP contribution in [0, 0.1) is 5.92 Å². The molecule has 2 aromatic carbocycles. The predicted molar refractivity (Wildman–Crippen MR) is 98.4 cm³/mol. The first kappa shape index (κ1) is 21.0. The Hall–Kier alpha value is -1.67. The Bertz CT molecular complexity index is 983. The fraction of sp³-hybridized carbons (Fsp3) is 0.500. The van der Waals surface area contributed by atoms with Crippen molar-refractivity contribution < 1.29 is 30.5 Å². The van der Waals surface area contributed by atoms with Crippen LogP contribution in [0.3, 0.4) is 0 Å². The first-order chi connectivity index (χ1) is 13.0. The van der Waals surface area contributed by atoms with Gasteiger partial charge in [-0.1, -0.05) is 44.0 Å². The highest BCUT2D eigenvalue weighted by Crippen LogP contribution is 2.53. The summed E-state index contributed by atoms with van der Waals surface area (Å²) in [7, 11) is -5.32. The zero-order valence-corrected chi connectivity index (χ0v) is 16.2. The summed E-state index contributed by atoms with van der Waals surface area (Å²) in [5.41, 5.74) is -4.33. The lowest BCUT2D eigenvalue weighted by Crippen LogP contribution is -2.36. The number of alkyl halides is 4. The summed E-state index contributed by atoms with van der Waals surface area (Å²) < 4.78 is 91.6. The molecule has 0 bridgehead atoms. The third-order valence-corrected chi connectivity index (χ3v) is 6.55. The first-order valence-electron chi connectivity index (χ1n) is 9.30. The molecule has 0 radical (unpaired) electrons. The molecule has 1 fully saturated rings. The van der Waals surface area contributed by atoms with E-state index in [1.165, 1.54) is 24.3 Å². The van der Waals surface area contributed by atoms with Crippen molar-refractivity contribution in [1.29, 1.82) is 0 Å². The fourth-order valence-corrected chi connectivity index (χ4v) is 5.47. The van der Waals surface area contributed by atoms with E-state index in [9.17, 15) is 26.1 Å². The van der Waals surface area contributed by atoms with E-state index < -0.39 is 43.9 Å². The molecule has 2 aromatic rings. The molecule has 28 heavy (non-hydrogen) atoms.